The Morgan fingerprint density at radius 2 is 1.75 bits per heavy atom. The standard InChI is InChI=1S/C44H52N6O11SSi/c1-43(2,3)63(8,9)61-30-15-11-10-14-29(30)47-39(52)35(36-37-38(59-44(4,5)58-37)41(57-36)49-21-19-33(51)48-42(49)54)50(24-26-17-18-27(55-6)22-31(26)56-7)40(53)28-23-46-60-32(28)25-62-34-16-12-13-20-45-34/h10-23,35-38,41H,24-25H2,1-9H3,(H,47,52)(H,48,51,54)/t35-,36+,37+,38+,41+/m0/s1. The molecule has 2 aromatic carbocycles. The summed E-state index contributed by atoms with van der Waals surface area (Å²) < 4.78 is 44.5. The summed E-state index contributed by atoms with van der Waals surface area (Å²) in [5.41, 5.74) is -0.432. The van der Waals surface area contributed by atoms with Crippen molar-refractivity contribution in [1.29, 1.82) is 0 Å². The van der Waals surface area contributed by atoms with E-state index in [1.54, 1.807) is 62.5 Å². The molecule has 2 aliphatic rings. The lowest BCUT2D eigenvalue weighted by atomic mass is 9.98. The zero-order valence-corrected chi connectivity index (χ0v) is 38.4. The smallest absolute Gasteiger partial charge is 0.330 e. The summed E-state index contributed by atoms with van der Waals surface area (Å²) in [5.74, 6) is -0.787. The van der Waals surface area contributed by atoms with Gasteiger partial charge in [0.25, 0.3) is 19.8 Å². The number of H-pyrrole nitrogens is 1. The van der Waals surface area contributed by atoms with Gasteiger partial charge in [0.15, 0.2) is 17.8 Å². The molecular weight excluding hydrogens is 849 g/mol. The van der Waals surface area contributed by atoms with Gasteiger partial charge in [-0.2, -0.15) is 0 Å². The van der Waals surface area contributed by atoms with Crippen LogP contribution in [0.4, 0.5) is 5.69 Å². The largest absolute Gasteiger partial charge is 0.542 e. The molecule has 2 aliphatic heterocycles. The molecule has 0 spiro atoms. The summed E-state index contributed by atoms with van der Waals surface area (Å²) in [6.07, 6.45) is -0.253. The Kier molecular flexibility index (Phi) is 13.1. The highest BCUT2D eigenvalue weighted by atomic mass is 32.2. The molecule has 17 nitrogen and oxygen atoms in total. The number of nitrogens with zero attached hydrogens (tertiary/aromatic N) is 4. The number of aromatic nitrogens is 4. The van der Waals surface area contributed by atoms with E-state index >= 15 is 9.59 Å². The number of thioether (sulfide) groups is 1. The number of hydrogen-bond donors (Lipinski definition) is 2. The number of aromatic amines is 1. The number of hydrogen-bond acceptors (Lipinski definition) is 14. The number of nitrogens with one attached hydrogen (secondary N) is 2. The first-order valence-corrected chi connectivity index (χ1v) is 24.2. The van der Waals surface area contributed by atoms with Crippen molar-refractivity contribution < 1.29 is 42.2 Å². The van der Waals surface area contributed by atoms with Crippen LogP contribution in [0.15, 0.2) is 104 Å². The molecule has 0 radical (unpaired) electrons. The van der Waals surface area contributed by atoms with E-state index in [0.717, 1.165) is 0 Å². The van der Waals surface area contributed by atoms with Crippen molar-refractivity contribution >= 4 is 37.6 Å². The van der Waals surface area contributed by atoms with Crippen LogP contribution in [0.2, 0.25) is 18.1 Å². The molecule has 0 unspecified atom stereocenters. The minimum Gasteiger partial charge on any atom is -0.542 e. The zero-order valence-electron chi connectivity index (χ0n) is 36.6. The van der Waals surface area contributed by atoms with E-state index in [4.69, 9.17) is 32.6 Å². The monoisotopic (exact) mass is 900 g/mol. The Labute approximate surface area is 369 Å². The van der Waals surface area contributed by atoms with Gasteiger partial charge in [-0.25, -0.2) is 9.78 Å². The second-order valence-electron chi connectivity index (χ2n) is 17.1. The van der Waals surface area contributed by atoms with Gasteiger partial charge in [-0.3, -0.25) is 23.9 Å². The van der Waals surface area contributed by atoms with Crippen molar-refractivity contribution in [2.24, 2.45) is 0 Å². The third-order valence-corrected chi connectivity index (χ3v) is 16.7. The maximum Gasteiger partial charge on any atom is 0.330 e. The lowest BCUT2D eigenvalue weighted by molar-refractivity contribution is -0.203. The number of anilines is 1. The molecule has 19 heteroatoms. The first kappa shape index (κ1) is 45.3. The van der Waals surface area contributed by atoms with Gasteiger partial charge in [-0.05, 0) is 68.4 Å². The first-order valence-electron chi connectivity index (χ1n) is 20.3. The van der Waals surface area contributed by atoms with E-state index in [2.05, 4.69) is 54.3 Å². The number of fused-ring (bicyclic) bond motifs is 1. The summed E-state index contributed by atoms with van der Waals surface area (Å²) in [4.78, 5) is 64.5. The van der Waals surface area contributed by atoms with Gasteiger partial charge in [0, 0.05) is 30.1 Å². The number of carbonyl (C=O) groups is 2. The molecule has 5 atom stereocenters. The van der Waals surface area contributed by atoms with Crippen LogP contribution in [-0.2, 0) is 31.3 Å². The van der Waals surface area contributed by atoms with E-state index < -0.39 is 67.7 Å². The Morgan fingerprint density at radius 3 is 2.44 bits per heavy atom. The molecule has 7 rings (SSSR count). The number of rotatable bonds is 15. The number of pyridine rings is 1. The topological polar surface area (TPSA) is 199 Å². The van der Waals surface area contributed by atoms with Crippen molar-refractivity contribution in [3.8, 4) is 17.2 Å². The summed E-state index contributed by atoms with van der Waals surface area (Å²) in [6.45, 7) is 13.7. The summed E-state index contributed by atoms with van der Waals surface area (Å²) in [5, 5.41) is 7.62. The third-order valence-electron chi connectivity index (χ3n) is 11.4. The van der Waals surface area contributed by atoms with Gasteiger partial charge in [0.1, 0.15) is 47.2 Å². The molecule has 5 aromatic rings. The van der Waals surface area contributed by atoms with Crippen LogP contribution in [0.5, 0.6) is 17.2 Å². The first-order chi connectivity index (χ1) is 29.9. The van der Waals surface area contributed by atoms with E-state index in [-0.39, 0.29) is 28.7 Å². The van der Waals surface area contributed by atoms with E-state index in [0.29, 0.717) is 33.5 Å². The van der Waals surface area contributed by atoms with Gasteiger partial charge < -0.3 is 42.9 Å². The fourth-order valence-corrected chi connectivity index (χ4v) is 9.04. The predicted octanol–water partition coefficient (Wildman–Crippen LogP) is 6.38. The highest BCUT2D eigenvalue weighted by Gasteiger charge is 2.60. The number of methoxy groups -OCH3 is 2. The Balaban J connectivity index is 1.38. The molecule has 0 aliphatic carbocycles. The summed E-state index contributed by atoms with van der Waals surface area (Å²) in [6, 6.07) is 17.4. The highest BCUT2D eigenvalue weighted by molar-refractivity contribution is 7.98. The molecule has 2 fully saturated rings. The molecule has 5 heterocycles. The van der Waals surface area contributed by atoms with Gasteiger partial charge in [0.2, 0.25) is 5.91 Å². The van der Waals surface area contributed by atoms with Crippen molar-refractivity contribution in [2.75, 3.05) is 19.5 Å². The maximum absolute atomic E-state index is 15.5. The SMILES string of the molecule is COc1ccc(CN(C(=O)c2cnoc2CSc2ccccn2)[C@H](C(=O)Nc2ccccc2O[Si](C)(C)C(C)(C)C)[C@H]2O[C@@H](n3ccc(=O)[nH]c3=O)[C@@H]3OC(C)(C)O[C@@H]32)c(OC)c1. The molecule has 3 aromatic heterocycles. The fourth-order valence-electron chi connectivity index (χ4n) is 7.21. The minimum absolute atomic E-state index is 0.0808. The van der Waals surface area contributed by atoms with Crippen LogP contribution in [0.1, 0.15) is 62.5 Å². The number of para-hydroxylation sites is 2. The van der Waals surface area contributed by atoms with Crippen LogP contribution in [0, 0.1) is 0 Å². The normalized spacial score (nSPS) is 19.8. The number of ether oxygens (including phenoxy) is 5. The Morgan fingerprint density at radius 1 is 1.00 bits per heavy atom. The minimum atomic E-state index is -2.44. The van der Waals surface area contributed by atoms with Crippen molar-refractivity contribution in [3.05, 3.63) is 123 Å². The molecule has 2 saturated heterocycles. The van der Waals surface area contributed by atoms with Crippen molar-refractivity contribution in [3.63, 3.8) is 0 Å². The average molecular weight is 901 g/mol. The Bertz CT molecular complexity index is 2560. The molecule has 2 amide bonds. The maximum atomic E-state index is 15.5. The molecule has 334 valence electrons. The molecular formula is C44H52N6O11SSi. The number of carbonyl (C=O) groups excluding carboxylic acids is 2. The van der Waals surface area contributed by atoms with Gasteiger partial charge in [-0.15, -0.1) is 0 Å². The summed E-state index contributed by atoms with van der Waals surface area (Å²) >= 11 is 1.34. The van der Waals surface area contributed by atoms with E-state index in [1.165, 1.54) is 53.9 Å². The van der Waals surface area contributed by atoms with E-state index in [9.17, 15) is 9.59 Å². The lowest BCUT2D eigenvalue weighted by Crippen LogP contribution is -2.57. The van der Waals surface area contributed by atoms with Crippen molar-refractivity contribution in [1.82, 2.24) is 24.6 Å². The zero-order chi connectivity index (χ0) is 45.3. The molecule has 63 heavy (non-hydrogen) atoms. The predicted molar refractivity (Wildman–Crippen MR) is 235 cm³/mol. The van der Waals surface area contributed by atoms with Crippen molar-refractivity contribution in [2.45, 2.75) is 106 Å². The second-order valence-corrected chi connectivity index (χ2v) is 22.8. The van der Waals surface area contributed by atoms with Crippen LogP contribution in [-0.4, -0.2) is 89.1 Å². The van der Waals surface area contributed by atoms with Gasteiger partial charge in [-0.1, -0.05) is 55.9 Å². The second kappa shape index (κ2) is 18.2. The van der Waals surface area contributed by atoms with Gasteiger partial charge in [0.05, 0.1) is 43.4 Å². The lowest BCUT2D eigenvalue weighted by Gasteiger charge is -2.38. The van der Waals surface area contributed by atoms with E-state index in [1.807, 2.05) is 18.2 Å². The van der Waals surface area contributed by atoms with Crippen LogP contribution in [0.3, 0.4) is 0 Å². The third kappa shape index (κ3) is 9.76. The number of benzene rings is 2. The van der Waals surface area contributed by atoms with Crippen LogP contribution < -0.4 is 30.5 Å². The molecule has 2 N–H and O–H groups in total. The Hall–Kier alpha value is -5.73. The molecule has 0 saturated carbocycles. The average Bonchev–Trinajstić information content (AvgIpc) is 3.93. The fraction of sp³-hybridized carbons (Fsp3) is 0.409. The van der Waals surface area contributed by atoms with Gasteiger partial charge >= 0.3 is 5.69 Å². The summed E-state index contributed by atoms with van der Waals surface area (Å²) in [7, 11) is 0.577. The van der Waals surface area contributed by atoms with Crippen LogP contribution >= 0.6 is 11.8 Å². The highest BCUT2D eigenvalue weighted by Crippen LogP contribution is 2.46. The van der Waals surface area contributed by atoms with Crippen LogP contribution in [0.25, 0.3) is 0 Å². The quantitative estimate of drug-likeness (QED) is 0.0867. The molecule has 0 bridgehead atoms. The number of amides is 2.